The molecule has 0 spiro atoms. The molecular weight excluding hydrogens is 506 g/mol. The largest absolute Gasteiger partial charge is 0.510 e. The zero-order chi connectivity index (χ0) is 29.5. The van der Waals surface area contributed by atoms with Crippen molar-refractivity contribution in [1.29, 1.82) is 0 Å². The quantitative estimate of drug-likeness (QED) is 0.224. The maximum Gasteiger partial charge on any atom is 0.140 e. The summed E-state index contributed by atoms with van der Waals surface area (Å²) in [6.07, 6.45) is 6.06. The molecule has 3 N–H and O–H groups in total. The van der Waals surface area contributed by atoms with Gasteiger partial charge in [0.15, 0.2) is 0 Å². The first-order valence-corrected chi connectivity index (χ1v) is 15.2. The van der Waals surface area contributed by atoms with E-state index < -0.39 is 17.8 Å². The number of likely N-dealkylation sites (tertiary alicyclic amines) is 1. The Balaban J connectivity index is 0.000000499. The number of benzene rings is 1. The van der Waals surface area contributed by atoms with Gasteiger partial charge in [-0.15, -0.1) is 0 Å². The Hall–Kier alpha value is -2.06. The fourth-order valence-corrected chi connectivity index (χ4v) is 5.11. The molecule has 7 heteroatoms. The number of piperidine rings is 1. The van der Waals surface area contributed by atoms with Crippen molar-refractivity contribution in [2.45, 2.75) is 92.5 Å². The van der Waals surface area contributed by atoms with Gasteiger partial charge in [-0.2, -0.15) is 0 Å². The van der Waals surface area contributed by atoms with Crippen molar-refractivity contribution in [3.8, 4) is 11.1 Å². The fourth-order valence-electron chi connectivity index (χ4n) is 4.64. The Labute approximate surface area is 241 Å². The molecule has 1 aliphatic rings. The molecule has 2 atom stereocenters. The number of aromatic nitrogens is 1. The van der Waals surface area contributed by atoms with Crippen molar-refractivity contribution in [1.82, 2.24) is 9.88 Å². The predicted molar refractivity (Wildman–Crippen MR) is 167 cm³/mol. The second-order valence-electron chi connectivity index (χ2n) is 12.4. The number of aliphatic hydroxyl groups excluding tert-OH is 2. The molecule has 1 saturated heterocycles. The van der Waals surface area contributed by atoms with Crippen LogP contribution in [0.2, 0.25) is 0 Å². The minimum Gasteiger partial charge on any atom is -0.510 e. The van der Waals surface area contributed by atoms with E-state index in [0.29, 0.717) is 5.41 Å². The molecule has 1 aliphatic heterocycles. The van der Waals surface area contributed by atoms with Crippen LogP contribution < -0.4 is 4.72 Å². The van der Waals surface area contributed by atoms with Gasteiger partial charge in [-0.3, -0.25) is 4.98 Å². The van der Waals surface area contributed by atoms with Crippen LogP contribution in [0.4, 0.5) is 5.69 Å². The lowest BCUT2D eigenvalue weighted by Gasteiger charge is -2.34. The normalized spacial score (nSPS) is 17.1. The molecule has 218 valence electrons. The predicted octanol–water partition coefficient (Wildman–Crippen LogP) is 8.03. The van der Waals surface area contributed by atoms with E-state index >= 15 is 0 Å². The standard InChI is InChI=1S/C24H34N2O3S.C8H17N/c1-9-17-12-20(15(3)27)21(13-25-17)19-11-10-18(14(2)22(19)26-30-8)23(16(4)28)29-24(5,6)7;1-8(2)4-6-9(3)7-5-8/h10-13,15,23,26-28H,4,9H2,1-3,5-8H3;4-7H2,1-3H3/t15?,23-;/m0./s1. The highest BCUT2D eigenvalue weighted by molar-refractivity contribution is 7.99. The third-order valence-electron chi connectivity index (χ3n) is 7.20. The highest BCUT2D eigenvalue weighted by Crippen LogP contribution is 2.41. The van der Waals surface area contributed by atoms with Gasteiger partial charge in [-0.1, -0.05) is 51.4 Å². The summed E-state index contributed by atoms with van der Waals surface area (Å²) in [7, 11) is 2.20. The zero-order valence-electron chi connectivity index (χ0n) is 25.8. The van der Waals surface area contributed by atoms with E-state index in [1.807, 2.05) is 65.3 Å². The van der Waals surface area contributed by atoms with Crippen molar-refractivity contribution < 1.29 is 14.9 Å². The van der Waals surface area contributed by atoms with Crippen molar-refractivity contribution in [3.05, 3.63) is 59.1 Å². The third kappa shape index (κ3) is 9.52. The Morgan fingerprint density at radius 2 is 1.82 bits per heavy atom. The van der Waals surface area contributed by atoms with Gasteiger partial charge in [0.25, 0.3) is 0 Å². The van der Waals surface area contributed by atoms with Crippen molar-refractivity contribution in [2.24, 2.45) is 5.41 Å². The number of aryl methyl sites for hydroxylation is 1. The van der Waals surface area contributed by atoms with E-state index in [9.17, 15) is 10.2 Å². The molecule has 0 bridgehead atoms. The number of rotatable bonds is 8. The molecular formula is C32H51N3O3S. The summed E-state index contributed by atoms with van der Waals surface area (Å²) in [6.45, 7) is 22.7. The summed E-state index contributed by atoms with van der Waals surface area (Å²) in [5.74, 6) is -0.0329. The van der Waals surface area contributed by atoms with Gasteiger partial charge < -0.3 is 24.6 Å². The zero-order valence-corrected chi connectivity index (χ0v) is 26.6. The summed E-state index contributed by atoms with van der Waals surface area (Å²) < 4.78 is 9.48. The van der Waals surface area contributed by atoms with Crippen LogP contribution in [0.1, 0.15) is 95.9 Å². The van der Waals surface area contributed by atoms with Crippen LogP contribution in [0.25, 0.3) is 11.1 Å². The van der Waals surface area contributed by atoms with Gasteiger partial charge in [0.2, 0.25) is 0 Å². The van der Waals surface area contributed by atoms with Crippen LogP contribution >= 0.6 is 11.9 Å². The number of hydrogen-bond donors (Lipinski definition) is 3. The second kappa shape index (κ2) is 14.0. The van der Waals surface area contributed by atoms with Gasteiger partial charge >= 0.3 is 0 Å². The smallest absolute Gasteiger partial charge is 0.140 e. The highest BCUT2D eigenvalue weighted by atomic mass is 32.2. The van der Waals surface area contributed by atoms with Crippen LogP contribution in [0.3, 0.4) is 0 Å². The van der Waals surface area contributed by atoms with E-state index in [4.69, 9.17) is 4.74 Å². The summed E-state index contributed by atoms with van der Waals surface area (Å²) in [5.41, 5.74) is 6.46. The summed E-state index contributed by atoms with van der Waals surface area (Å²) >= 11 is 1.48. The molecule has 0 amide bonds. The van der Waals surface area contributed by atoms with E-state index in [0.717, 1.165) is 45.6 Å². The van der Waals surface area contributed by atoms with Crippen LogP contribution in [0.15, 0.2) is 36.7 Å². The molecule has 1 aromatic heterocycles. The molecule has 1 fully saturated rings. The van der Waals surface area contributed by atoms with E-state index in [2.05, 4.69) is 42.1 Å². The molecule has 2 aromatic rings. The molecule has 0 aliphatic carbocycles. The number of hydrogen-bond acceptors (Lipinski definition) is 7. The molecule has 1 unspecified atom stereocenters. The average Bonchev–Trinajstić information content (AvgIpc) is 2.85. The Bertz CT molecular complexity index is 1100. The van der Waals surface area contributed by atoms with E-state index in [1.54, 1.807) is 6.92 Å². The first-order valence-electron chi connectivity index (χ1n) is 13.9. The van der Waals surface area contributed by atoms with Gasteiger partial charge in [-0.25, -0.2) is 0 Å². The van der Waals surface area contributed by atoms with E-state index in [-0.39, 0.29) is 5.76 Å². The number of ether oxygens (including phenoxy) is 1. The molecule has 39 heavy (non-hydrogen) atoms. The lowest BCUT2D eigenvalue weighted by Crippen LogP contribution is -2.34. The molecule has 3 rings (SSSR count). The molecule has 0 radical (unpaired) electrons. The fraction of sp³-hybridized carbons (Fsp3) is 0.594. The minimum atomic E-state index is -0.640. The van der Waals surface area contributed by atoms with Crippen molar-refractivity contribution >= 4 is 17.6 Å². The summed E-state index contributed by atoms with van der Waals surface area (Å²) in [6, 6.07) is 5.90. The molecule has 0 saturated carbocycles. The molecule has 2 heterocycles. The van der Waals surface area contributed by atoms with Crippen molar-refractivity contribution in [3.63, 3.8) is 0 Å². The SMILES string of the molecule is C=C(O)[C@H](OC(C)(C)C)c1ccc(-c2cnc(CC)cc2C(C)O)c(NSC)c1C.CN1CCC(C)(C)CC1. The van der Waals surface area contributed by atoms with Crippen LogP contribution in [0, 0.1) is 12.3 Å². The number of nitrogens with one attached hydrogen (secondary N) is 1. The number of pyridine rings is 1. The third-order valence-corrected chi connectivity index (χ3v) is 7.61. The Morgan fingerprint density at radius 1 is 1.21 bits per heavy atom. The minimum absolute atomic E-state index is 0.0329. The number of anilines is 1. The summed E-state index contributed by atoms with van der Waals surface area (Å²) in [4.78, 5) is 6.97. The van der Waals surface area contributed by atoms with E-state index in [1.165, 1.54) is 37.9 Å². The number of aliphatic hydroxyl groups is 2. The monoisotopic (exact) mass is 557 g/mol. The van der Waals surface area contributed by atoms with Gasteiger partial charge in [0.05, 0.1) is 17.4 Å². The summed E-state index contributed by atoms with van der Waals surface area (Å²) in [5, 5.41) is 20.6. The first-order chi connectivity index (χ1) is 18.1. The number of nitrogens with zero attached hydrogens (tertiary/aromatic N) is 2. The van der Waals surface area contributed by atoms with Crippen LogP contribution in [-0.2, 0) is 11.2 Å². The molecule has 6 nitrogen and oxygen atoms in total. The average molecular weight is 558 g/mol. The first kappa shape index (κ1) is 33.1. The van der Waals surface area contributed by atoms with Gasteiger partial charge in [0, 0.05) is 29.3 Å². The lowest BCUT2D eigenvalue weighted by atomic mass is 9.83. The van der Waals surface area contributed by atoms with Crippen LogP contribution in [0.5, 0.6) is 0 Å². The maximum atomic E-state index is 10.4. The van der Waals surface area contributed by atoms with Gasteiger partial charge in [0.1, 0.15) is 11.9 Å². The molecule has 1 aromatic carbocycles. The van der Waals surface area contributed by atoms with Crippen molar-refractivity contribution in [2.75, 3.05) is 31.1 Å². The highest BCUT2D eigenvalue weighted by Gasteiger charge is 2.27. The van der Waals surface area contributed by atoms with Crippen LogP contribution in [-0.4, -0.2) is 52.1 Å². The lowest BCUT2D eigenvalue weighted by molar-refractivity contribution is -0.0597. The Kier molecular flexibility index (Phi) is 11.9. The van der Waals surface area contributed by atoms with Gasteiger partial charge in [-0.05, 0) is 102 Å². The second-order valence-corrected chi connectivity index (χ2v) is 13.0. The topological polar surface area (TPSA) is 77.8 Å². The maximum absolute atomic E-state index is 10.4. The Morgan fingerprint density at radius 3 is 2.28 bits per heavy atom.